The Morgan fingerprint density at radius 1 is 1.35 bits per heavy atom. The van der Waals surface area contributed by atoms with Crippen LogP contribution in [0.5, 0.6) is 0 Å². The van der Waals surface area contributed by atoms with Crippen LogP contribution in [0.15, 0.2) is 18.2 Å². The van der Waals surface area contributed by atoms with Crippen molar-refractivity contribution < 1.29 is 4.79 Å². The molecule has 1 rings (SSSR count). The molecule has 1 aromatic rings. The predicted octanol–water partition coefficient (Wildman–Crippen LogP) is 3.03. The third-order valence-corrected chi connectivity index (χ3v) is 3.91. The zero-order chi connectivity index (χ0) is 15.1. The van der Waals surface area contributed by atoms with Crippen LogP contribution in [0.25, 0.3) is 0 Å². The lowest BCUT2D eigenvalue weighted by molar-refractivity contribution is -0.116. The molecule has 0 heterocycles. The van der Waals surface area contributed by atoms with Crippen molar-refractivity contribution in [2.24, 2.45) is 0 Å². The second kappa shape index (κ2) is 7.90. The molecule has 0 atom stereocenters. The van der Waals surface area contributed by atoms with Gasteiger partial charge in [0.05, 0.1) is 0 Å². The van der Waals surface area contributed by atoms with Crippen LogP contribution in [0.2, 0.25) is 0 Å². The zero-order valence-corrected chi connectivity index (χ0v) is 13.1. The number of anilines is 2. The second-order valence-corrected chi connectivity index (χ2v) is 5.27. The first-order valence-corrected chi connectivity index (χ1v) is 7.34. The molecule has 0 aliphatic rings. The summed E-state index contributed by atoms with van der Waals surface area (Å²) in [4.78, 5) is 14.3. The number of nitrogens with one attached hydrogen (secondary N) is 1. The summed E-state index contributed by atoms with van der Waals surface area (Å²) in [6.07, 6.45) is 2.73. The van der Waals surface area contributed by atoms with Crippen LogP contribution in [0, 0.1) is 6.92 Å². The Kier molecular flexibility index (Phi) is 6.52. The number of hydrogen-bond acceptors (Lipinski definition) is 3. The molecule has 0 bridgehead atoms. The van der Waals surface area contributed by atoms with Crippen molar-refractivity contribution in [2.45, 2.75) is 46.1 Å². The van der Waals surface area contributed by atoms with Gasteiger partial charge in [-0.05, 0) is 44.5 Å². The van der Waals surface area contributed by atoms with Crippen LogP contribution >= 0.6 is 0 Å². The van der Waals surface area contributed by atoms with Crippen LogP contribution in [0.4, 0.5) is 11.4 Å². The first kappa shape index (κ1) is 16.5. The summed E-state index contributed by atoms with van der Waals surface area (Å²) in [5, 5.41) is 2.94. The molecule has 1 amide bonds. The lowest BCUT2D eigenvalue weighted by Gasteiger charge is -2.25. The summed E-state index contributed by atoms with van der Waals surface area (Å²) in [7, 11) is 2.08. The third kappa shape index (κ3) is 4.53. The van der Waals surface area contributed by atoms with Gasteiger partial charge >= 0.3 is 0 Å². The predicted molar refractivity (Wildman–Crippen MR) is 85.8 cm³/mol. The lowest BCUT2D eigenvalue weighted by atomic mass is 10.1. The van der Waals surface area contributed by atoms with Crippen molar-refractivity contribution in [3.05, 3.63) is 23.8 Å². The summed E-state index contributed by atoms with van der Waals surface area (Å²) in [5.41, 5.74) is 8.27. The second-order valence-electron chi connectivity index (χ2n) is 5.27. The molecule has 0 aliphatic heterocycles. The fourth-order valence-corrected chi connectivity index (χ4v) is 2.37. The number of nitrogens with two attached hydrogens (primary N) is 1. The molecule has 0 spiro atoms. The van der Waals surface area contributed by atoms with E-state index in [1.165, 1.54) is 0 Å². The lowest BCUT2D eigenvalue weighted by Crippen LogP contribution is -2.33. The molecule has 4 heteroatoms. The number of carbonyl (C=O) groups is 1. The maximum Gasteiger partial charge on any atom is 0.225 e. The van der Waals surface area contributed by atoms with Crippen LogP contribution in [-0.2, 0) is 4.79 Å². The van der Waals surface area contributed by atoms with Crippen LogP contribution < -0.4 is 11.1 Å². The maximum absolute atomic E-state index is 12.0. The summed E-state index contributed by atoms with van der Waals surface area (Å²) in [6, 6.07) is 6.13. The van der Waals surface area contributed by atoms with Crippen molar-refractivity contribution in [1.29, 1.82) is 0 Å². The van der Waals surface area contributed by atoms with Crippen LogP contribution in [0.1, 0.15) is 38.7 Å². The highest BCUT2D eigenvalue weighted by molar-refractivity contribution is 5.92. The number of rotatable bonds is 7. The fourth-order valence-electron chi connectivity index (χ4n) is 2.37. The number of carbonyl (C=O) groups excluding carboxylic acids is 1. The van der Waals surface area contributed by atoms with E-state index in [-0.39, 0.29) is 5.91 Å². The van der Waals surface area contributed by atoms with Crippen molar-refractivity contribution in [2.75, 3.05) is 24.6 Å². The molecule has 1 aromatic carbocycles. The van der Waals surface area contributed by atoms with Gasteiger partial charge in [-0.1, -0.05) is 19.9 Å². The van der Waals surface area contributed by atoms with Crippen LogP contribution in [-0.4, -0.2) is 30.4 Å². The van der Waals surface area contributed by atoms with E-state index in [2.05, 4.69) is 31.1 Å². The number of benzene rings is 1. The van der Waals surface area contributed by atoms with Gasteiger partial charge in [0, 0.05) is 30.4 Å². The third-order valence-electron chi connectivity index (χ3n) is 3.91. The van der Waals surface area contributed by atoms with E-state index in [4.69, 9.17) is 5.73 Å². The minimum Gasteiger partial charge on any atom is -0.398 e. The van der Waals surface area contributed by atoms with E-state index < -0.39 is 0 Å². The van der Waals surface area contributed by atoms with Crippen molar-refractivity contribution in [1.82, 2.24) is 4.90 Å². The van der Waals surface area contributed by atoms with Gasteiger partial charge in [-0.3, -0.25) is 4.79 Å². The van der Waals surface area contributed by atoms with Gasteiger partial charge in [0.1, 0.15) is 0 Å². The minimum atomic E-state index is 0.0384. The Labute approximate surface area is 122 Å². The molecular weight excluding hydrogens is 250 g/mol. The summed E-state index contributed by atoms with van der Waals surface area (Å²) < 4.78 is 0. The van der Waals surface area contributed by atoms with Gasteiger partial charge in [0.25, 0.3) is 0 Å². The molecule has 3 N–H and O–H groups in total. The number of hydrogen-bond donors (Lipinski definition) is 2. The summed E-state index contributed by atoms with van der Waals surface area (Å²) >= 11 is 0. The van der Waals surface area contributed by atoms with E-state index in [9.17, 15) is 4.79 Å². The van der Waals surface area contributed by atoms with Crippen molar-refractivity contribution in [3.8, 4) is 0 Å². The molecule has 20 heavy (non-hydrogen) atoms. The SMILES string of the molecule is CCC(CC)N(C)CCC(=O)Nc1cccc(N)c1C. The van der Waals surface area contributed by atoms with Crippen LogP contribution in [0.3, 0.4) is 0 Å². The average molecular weight is 277 g/mol. The standard InChI is InChI=1S/C16H27N3O/c1-5-13(6-2)19(4)11-10-16(20)18-15-9-7-8-14(17)12(15)3/h7-9,13H,5-6,10-11,17H2,1-4H3,(H,18,20). The highest BCUT2D eigenvalue weighted by Crippen LogP contribution is 2.20. The quantitative estimate of drug-likeness (QED) is 0.753. The number of nitrogen functional groups attached to an aromatic ring is 1. The monoisotopic (exact) mass is 277 g/mol. The van der Waals surface area contributed by atoms with Gasteiger partial charge in [0.15, 0.2) is 0 Å². The molecule has 112 valence electrons. The molecular formula is C16H27N3O. The van der Waals surface area contributed by atoms with Crippen molar-refractivity contribution in [3.63, 3.8) is 0 Å². The zero-order valence-electron chi connectivity index (χ0n) is 13.1. The molecule has 0 fully saturated rings. The molecule has 0 saturated heterocycles. The maximum atomic E-state index is 12.0. The smallest absolute Gasteiger partial charge is 0.225 e. The topological polar surface area (TPSA) is 58.4 Å². The average Bonchev–Trinajstić information content (AvgIpc) is 2.43. The Balaban J connectivity index is 2.50. The Hall–Kier alpha value is -1.55. The molecule has 4 nitrogen and oxygen atoms in total. The first-order chi connectivity index (χ1) is 9.49. The largest absolute Gasteiger partial charge is 0.398 e. The summed E-state index contributed by atoms with van der Waals surface area (Å²) in [5.74, 6) is 0.0384. The molecule has 0 aliphatic carbocycles. The van der Waals surface area contributed by atoms with Gasteiger partial charge < -0.3 is 16.0 Å². The van der Waals surface area contributed by atoms with E-state index >= 15 is 0 Å². The van der Waals surface area contributed by atoms with E-state index in [1.54, 1.807) is 0 Å². The van der Waals surface area contributed by atoms with Gasteiger partial charge in [-0.15, -0.1) is 0 Å². The van der Waals surface area contributed by atoms with E-state index in [0.717, 1.165) is 30.6 Å². The Morgan fingerprint density at radius 3 is 2.60 bits per heavy atom. The van der Waals surface area contributed by atoms with Gasteiger partial charge in [-0.2, -0.15) is 0 Å². The molecule has 0 aromatic heterocycles. The van der Waals surface area contributed by atoms with Gasteiger partial charge in [0.2, 0.25) is 5.91 Å². The minimum absolute atomic E-state index is 0.0384. The van der Waals surface area contributed by atoms with Gasteiger partial charge in [-0.25, -0.2) is 0 Å². The Morgan fingerprint density at radius 2 is 2.00 bits per heavy atom. The highest BCUT2D eigenvalue weighted by Gasteiger charge is 2.12. The highest BCUT2D eigenvalue weighted by atomic mass is 16.1. The van der Waals surface area contributed by atoms with E-state index in [1.807, 2.05) is 25.1 Å². The number of nitrogens with zero attached hydrogens (tertiary/aromatic N) is 1. The van der Waals surface area contributed by atoms with E-state index in [0.29, 0.717) is 18.2 Å². The molecule has 0 unspecified atom stereocenters. The fraction of sp³-hybridized carbons (Fsp3) is 0.562. The first-order valence-electron chi connectivity index (χ1n) is 7.34. The Bertz CT molecular complexity index is 441. The molecule has 0 radical (unpaired) electrons. The number of amides is 1. The normalized spacial score (nSPS) is 11.1. The molecule has 0 saturated carbocycles. The van der Waals surface area contributed by atoms with Crippen molar-refractivity contribution >= 4 is 17.3 Å². The summed E-state index contributed by atoms with van der Waals surface area (Å²) in [6.45, 7) is 7.06.